The van der Waals surface area contributed by atoms with Crippen LogP contribution in [0.3, 0.4) is 0 Å². The van der Waals surface area contributed by atoms with Crippen molar-refractivity contribution in [3.8, 4) is 0 Å². The Kier molecular flexibility index (Phi) is 9.67. The van der Waals surface area contributed by atoms with Crippen molar-refractivity contribution in [2.45, 2.75) is 124 Å². The maximum atomic E-state index is 12.5. The van der Waals surface area contributed by atoms with Gasteiger partial charge in [0.1, 0.15) is 60.5 Å². The van der Waals surface area contributed by atoms with Crippen molar-refractivity contribution < 1.29 is 84.7 Å². The second kappa shape index (κ2) is 12.1. The molecule has 0 aromatic rings. The van der Waals surface area contributed by atoms with Crippen LogP contribution in [0.4, 0.5) is 0 Å². The number of carboxylic acids is 1. The Balaban J connectivity index is 1.64. The molecule has 11 N–H and O–H groups in total. The molecule has 17 heteroatoms. The van der Waals surface area contributed by atoms with E-state index >= 15 is 0 Å². The molecule has 0 aromatic heterocycles. The fraction of sp³-hybridized carbons (Fsp3) is 0.958. The number of carboxylic acid groups (broad SMARTS) is 1. The number of aliphatic hydroxyl groups excluding tert-OH is 10. The van der Waals surface area contributed by atoms with E-state index in [1.807, 2.05) is 0 Å². The van der Waals surface area contributed by atoms with E-state index in [9.17, 15) is 61.0 Å². The van der Waals surface area contributed by atoms with Crippen LogP contribution in [0.25, 0.3) is 0 Å². The molecule has 0 amide bonds. The molecule has 4 fully saturated rings. The van der Waals surface area contributed by atoms with Crippen LogP contribution in [0.1, 0.15) is 26.7 Å². The Morgan fingerprint density at radius 3 is 2.12 bits per heavy atom. The average molecular weight is 601 g/mol. The number of ether oxygens (including phenoxy) is 5. The van der Waals surface area contributed by atoms with Gasteiger partial charge in [0.25, 0.3) is 5.79 Å². The van der Waals surface area contributed by atoms with Crippen molar-refractivity contribution >= 4 is 5.97 Å². The largest absolute Gasteiger partial charge is 0.477 e. The summed E-state index contributed by atoms with van der Waals surface area (Å²) in [5.41, 5.74) is -1.82. The van der Waals surface area contributed by atoms with Crippen LogP contribution < -0.4 is 0 Å². The second-order valence-electron chi connectivity index (χ2n) is 11.3. The maximum Gasteiger partial charge on any atom is 0.364 e. The maximum absolute atomic E-state index is 12.5. The number of aliphatic carboxylic acids is 1. The molecule has 17 atom stereocenters. The summed E-state index contributed by atoms with van der Waals surface area (Å²) in [7, 11) is 0. The predicted octanol–water partition coefficient (Wildman–Crippen LogP) is -5.88. The SMILES string of the molecule is C[C@H]1[C@H]([C@H](O)[C@H](O)CO)O[C@@](O[C@@H]2[C@@H](O)[C@H](O[C@H]3[C@H](O)[C@@H](O)[C@H](C)O[C@@H]3CO)OC3(C[C@H]3O)[C@@H]2O)(C(=O)O)C[C@@H]1O. The van der Waals surface area contributed by atoms with E-state index in [0.717, 1.165) is 0 Å². The van der Waals surface area contributed by atoms with Gasteiger partial charge in [-0.3, -0.25) is 0 Å². The summed E-state index contributed by atoms with van der Waals surface area (Å²) in [5.74, 6) is -5.62. The Bertz CT molecular complexity index is 923. The summed E-state index contributed by atoms with van der Waals surface area (Å²) < 4.78 is 28.1. The van der Waals surface area contributed by atoms with Crippen molar-refractivity contribution in [2.75, 3.05) is 13.2 Å². The highest BCUT2D eigenvalue weighted by molar-refractivity contribution is 5.76. The zero-order chi connectivity index (χ0) is 30.6. The normalized spacial score (nSPS) is 51.8. The fourth-order valence-corrected chi connectivity index (χ4v) is 5.75. The summed E-state index contributed by atoms with van der Waals surface area (Å²) in [4.78, 5) is 12.5. The first-order valence-electron chi connectivity index (χ1n) is 13.4. The Hall–Kier alpha value is -1.13. The van der Waals surface area contributed by atoms with Gasteiger partial charge in [-0.25, -0.2) is 4.79 Å². The molecule has 0 aromatic carbocycles. The number of rotatable bonds is 9. The Labute approximate surface area is 234 Å². The van der Waals surface area contributed by atoms with Gasteiger partial charge in [-0.15, -0.1) is 0 Å². The monoisotopic (exact) mass is 600 g/mol. The van der Waals surface area contributed by atoms with Crippen LogP contribution in [0.2, 0.25) is 0 Å². The third-order valence-corrected chi connectivity index (χ3v) is 8.57. The molecule has 238 valence electrons. The number of hydrogen-bond acceptors (Lipinski definition) is 16. The first kappa shape index (κ1) is 32.8. The van der Waals surface area contributed by atoms with Gasteiger partial charge >= 0.3 is 5.97 Å². The van der Waals surface area contributed by atoms with Crippen LogP contribution in [0.15, 0.2) is 0 Å². The molecule has 3 aliphatic heterocycles. The van der Waals surface area contributed by atoms with Crippen LogP contribution >= 0.6 is 0 Å². The van der Waals surface area contributed by atoms with Gasteiger partial charge in [0.15, 0.2) is 6.29 Å². The summed E-state index contributed by atoms with van der Waals surface area (Å²) in [5, 5.41) is 114. The molecule has 0 bridgehead atoms. The smallest absolute Gasteiger partial charge is 0.364 e. The van der Waals surface area contributed by atoms with Gasteiger partial charge in [-0.05, 0) is 6.92 Å². The van der Waals surface area contributed by atoms with Crippen molar-refractivity contribution in [2.24, 2.45) is 5.92 Å². The van der Waals surface area contributed by atoms with Crippen LogP contribution in [-0.2, 0) is 28.5 Å². The highest BCUT2D eigenvalue weighted by atomic mass is 16.8. The molecule has 41 heavy (non-hydrogen) atoms. The molecule has 17 nitrogen and oxygen atoms in total. The van der Waals surface area contributed by atoms with Gasteiger partial charge in [0.2, 0.25) is 0 Å². The standard InChI is InChI=1S/C24H40O17/c1-7-9(27)3-24(22(35)36,39-17(7)14(31)10(28)5-25)40-19-16(33)21(41-23(20(19)34)4-12(23)29)38-18-11(6-26)37-8(2)13(30)15(18)32/h7-21,25-34H,3-6H2,1-2H3,(H,35,36)/t7-,8+,9+,10-,11-,12-,13+,14-,15-,16-,17-,18-,19-,20-,21-,23?,24+/m1/s1. The zero-order valence-electron chi connectivity index (χ0n) is 22.4. The molecule has 1 unspecified atom stereocenters. The van der Waals surface area contributed by atoms with E-state index in [2.05, 4.69) is 0 Å². The lowest BCUT2D eigenvalue weighted by Gasteiger charge is -2.50. The summed E-state index contributed by atoms with van der Waals surface area (Å²) in [6.45, 7) is 1.26. The number of aliphatic hydroxyl groups is 10. The lowest BCUT2D eigenvalue weighted by molar-refractivity contribution is -0.388. The van der Waals surface area contributed by atoms with E-state index < -0.39 is 129 Å². The Morgan fingerprint density at radius 1 is 0.951 bits per heavy atom. The van der Waals surface area contributed by atoms with Crippen LogP contribution in [0.5, 0.6) is 0 Å². The molecule has 3 saturated heterocycles. The zero-order valence-corrected chi connectivity index (χ0v) is 22.4. The fourth-order valence-electron chi connectivity index (χ4n) is 5.75. The lowest BCUT2D eigenvalue weighted by atomic mass is 9.84. The lowest BCUT2D eigenvalue weighted by Crippen LogP contribution is -2.68. The van der Waals surface area contributed by atoms with Gasteiger partial charge in [-0.2, -0.15) is 0 Å². The van der Waals surface area contributed by atoms with E-state index in [1.165, 1.54) is 13.8 Å². The van der Waals surface area contributed by atoms with Crippen molar-refractivity contribution in [3.05, 3.63) is 0 Å². The second-order valence-corrected chi connectivity index (χ2v) is 11.3. The van der Waals surface area contributed by atoms with Crippen molar-refractivity contribution in [1.82, 2.24) is 0 Å². The molecular weight excluding hydrogens is 560 g/mol. The summed E-state index contributed by atoms with van der Waals surface area (Å²) >= 11 is 0. The predicted molar refractivity (Wildman–Crippen MR) is 128 cm³/mol. The molecule has 4 aliphatic rings. The molecule has 3 heterocycles. The molecule has 4 rings (SSSR count). The Morgan fingerprint density at radius 2 is 1.59 bits per heavy atom. The molecular formula is C24H40O17. The van der Waals surface area contributed by atoms with E-state index in [4.69, 9.17) is 23.7 Å². The third kappa shape index (κ3) is 5.75. The highest BCUT2D eigenvalue weighted by Crippen LogP contribution is 2.51. The van der Waals surface area contributed by atoms with Gasteiger partial charge in [0, 0.05) is 18.8 Å². The first-order chi connectivity index (χ1) is 19.1. The van der Waals surface area contributed by atoms with Crippen LogP contribution in [0, 0.1) is 5.92 Å². The summed E-state index contributed by atoms with van der Waals surface area (Å²) in [6.07, 6.45) is -23.4. The van der Waals surface area contributed by atoms with E-state index in [1.54, 1.807) is 0 Å². The number of carbonyl (C=O) groups is 1. The average Bonchev–Trinajstić information content (AvgIpc) is 3.59. The summed E-state index contributed by atoms with van der Waals surface area (Å²) in [6, 6.07) is 0. The number of hydrogen-bond donors (Lipinski definition) is 11. The van der Waals surface area contributed by atoms with E-state index in [0.29, 0.717) is 0 Å². The molecule has 1 spiro atoms. The third-order valence-electron chi connectivity index (χ3n) is 8.57. The van der Waals surface area contributed by atoms with Crippen molar-refractivity contribution in [3.63, 3.8) is 0 Å². The van der Waals surface area contributed by atoms with E-state index in [-0.39, 0.29) is 6.42 Å². The minimum absolute atomic E-state index is 0.196. The topological polar surface area (TPSA) is 286 Å². The molecule has 1 aliphatic carbocycles. The molecule has 1 saturated carbocycles. The minimum atomic E-state index is -2.82. The molecule has 0 radical (unpaired) electrons. The van der Waals surface area contributed by atoms with Gasteiger partial charge in [-0.1, -0.05) is 6.92 Å². The van der Waals surface area contributed by atoms with Crippen LogP contribution in [-0.4, -0.2) is 172 Å². The minimum Gasteiger partial charge on any atom is -0.477 e. The van der Waals surface area contributed by atoms with Gasteiger partial charge in [0.05, 0.1) is 37.6 Å². The quantitative estimate of drug-likeness (QED) is 0.117. The van der Waals surface area contributed by atoms with Crippen molar-refractivity contribution in [1.29, 1.82) is 0 Å². The first-order valence-corrected chi connectivity index (χ1v) is 13.4. The highest BCUT2D eigenvalue weighted by Gasteiger charge is 2.70. The van der Waals surface area contributed by atoms with Gasteiger partial charge < -0.3 is 79.9 Å².